The van der Waals surface area contributed by atoms with Crippen molar-refractivity contribution in [1.82, 2.24) is 14.9 Å². The van der Waals surface area contributed by atoms with Gasteiger partial charge >= 0.3 is 0 Å². The molecule has 0 saturated carbocycles. The van der Waals surface area contributed by atoms with Gasteiger partial charge < -0.3 is 4.90 Å². The zero-order chi connectivity index (χ0) is 18.7. The molecule has 0 N–H and O–H groups in total. The maximum atomic E-state index is 4.76. The largest absolute Gasteiger partial charge is 0.332 e. The molecule has 2 heterocycles. The minimum atomic E-state index is 0.473. The van der Waals surface area contributed by atoms with Crippen LogP contribution in [0.1, 0.15) is 46.1 Å². The summed E-state index contributed by atoms with van der Waals surface area (Å²) in [6, 6.07) is 10.1. The number of aryl methyl sites for hydroxylation is 1. The molecule has 2 atom stereocenters. The molecular weight excluding hydrogens is 320 g/mol. The van der Waals surface area contributed by atoms with Crippen molar-refractivity contribution in [3.05, 3.63) is 42.2 Å². The fourth-order valence-corrected chi connectivity index (χ4v) is 3.84. The lowest BCUT2D eigenvalue weighted by Gasteiger charge is -2.48. The third kappa shape index (κ3) is 3.90. The summed E-state index contributed by atoms with van der Waals surface area (Å²) >= 11 is 0. The molecule has 0 bridgehead atoms. The average molecular weight is 353 g/mol. The maximum absolute atomic E-state index is 4.76. The molecule has 140 valence electrons. The molecule has 0 aliphatic carbocycles. The van der Waals surface area contributed by atoms with Gasteiger partial charge in [0.1, 0.15) is 0 Å². The molecule has 1 aliphatic rings. The third-order valence-corrected chi connectivity index (χ3v) is 5.60. The van der Waals surface area contributed by atoms with Gasteiger partial charge in [-0.2, -0.15) is 0 Å². The second-order valence-corrected chi connectivity index (χ2v) is 7.72. The smallest absolute Gasteiger partial charge is 0.225 e. The van der Waals surface area contributed by atoms with Crippen molar-refractivity contribution in [3.8, 4) is 11.1 Å². The highest BCUT2D eigenvalue weighted by Crippen LogP contribution is 2.27. The number of aromatic nitrogens is 2. The van der Waals surface area contributed by atoms with Gasteiger partial charge in [-0.1, -0.05) is 43.7 Å². The zero-order valence-electron chi connectivity index (χ0n) is 16.8. The number of benzene rings is 1. The van der Waals surface area contributed by atoms with Gasteiger partial charge in [0.05, 0.1) is 0 Å². The van der Waals surface area contributed by atoms with E-state index in [9.17, 15) is 0 Å². The first-order valence-electron chi connectivity index (χ1n) is 9.94. The molecule has 2 aromatic rings. The number of piperazine rings is 1. The molecule has 0 radical (unpaired) electrons. The van der Waals surface area contributed by atoms with Crippen molar-refractivity contribution < 1.29 is 0 Å². The fourth-order valence-electron chi connectivity index (χ4n) is 3.84. The summed E-state index contributed by atoms with van der Waals surface area (Å²) in [5.41, 5.74) is 3.52. The molecule has 4 heteroatoms. The second kappa shape index (κ2) is 8.17. The predicted octanol–water partition coefficient (Wildman–Crippen LogP) is 4.54. The minimum absolute atomic E-state index is 0.473. The Morgan fingerprint density at radius 1 is 0.923 bits per heavy atom. The van der Waals surface area contributed by atoms with Gasteiger partial charge in [-0.15, -0.1) is 0 Å². The Labute approximate surface area is 158 Å². The lowest BCUT2D eigenvalue weighted by Crippen LogP contribution is -2.60. The lowest BCUT2D eigenvalue weighted by molar-refractivity contribution is 0.147. The zero-order valence-corrected chi connectivity index (χ0v) is 16.8. The van der Waals surface area contributed by atoms with Crippen molar-refractivity contribution in [3.63, 3.8) is 0 Å². The van der Waals surface area contributed by atoms with E-state index in [1.807, 2.05) is 12.4 Å². The molecule has 1 saturated heterocycles. The van der Waals surface area contributed by atoms with E-state index in [4.69, 9.17) is 9.97 Å². The van der Waals surface area contributed by atoms with Crippen LogP contribution in [0.5, 0.6) is 0 Å². The van der Waals surface area contributed by atoms with Crippen LogP contribution >= 0.6 is 0 Å². The van der Waals surface area contributed by atoms with Gasteiger partial charge in [0.2, 0.25) is 5.95 Å². The number of hydrogen-bond acceptors (Lipinski definition) is 4. The van der Waals surface area contributed by atoms with Crippen LogP contribution in [0.2, 0.25) is 0 Å². The van der Waals surface area contributed by atoms with E-state index in [1.54, 1.807) is 0 Å². The monoisotopic (exact) mass is 352 g/mol. The highest BCUT2D eigenvalue weighted by molar-refractivity contribution is 5.62. The first-order valence-corrected chi connectivity index (χ1v) is 9.94. The van der Waals surface area contributed by atoms with Crippen molar-refractivity contribution in [1.29, 1.82) is 0 Å². The van der Waals surface area contributed by atoms with E-state index < -0.39 is 0 Å². The molecule has 4 nitrogen and oxygen atoms in total. The van der Waals surface area contributed by atoms with Crippen LogP contribution in [0, 0.1) is 6.92 Å². The van der Waals surface area contributed by atoms with Crippen LogP contribution in [0.25, 0.3) is 11.1 Å². The van der Waals surface area contributed by atoms with E-state index >= 15 is 0 Å². The SMILES string of the molecule is CCC1CN(C(C)C)CC(CC)N1c1ncc(-c2ccc(C)cc2)cn1. The van der Waals surface area contributed by atoms with Crippen molar-refractivity contribution in [2.24, 2.45) is 0 Å². The molecule has 2 unspecified atom stereocenters. The van der Waals surface area contributed by atoms with Crippen LogP contribution in [0.15, 0.2) is 36.7 Å². The summed E-state index contributed by atoms with van der Waals surface area (Å²) in [4.78, 5) is 14.6. The predicted molar refractivity (Wildman–Crippen MR) is 110 cm³/mol. The summed E-state index contributed by atoms with van der Waals surface area (Å²) in [7, 11) is 0. The second-order valence-electron chi connectivity index (χ2n) is 7.72. The summed E-state index contributed by atoms with van der Waals surface area (Å²) < 4.78 is 0. The number of nitrogens with zero attached hydrogens (tertiary/aromatic N) is 4. The first-order chi connectivity index (χ1) is 12.5. The molecule has 1 fully saturated rings. The summed E-state index contributed by atoms with van der Waals surface area (Å²) in [6.07, 6.45) is 6.17. The Hall–Kier alpha value is -1.94. The Kier molecular flexibility index (Phi) is 5.92. The van der Waals surface area contributed by atoms with Crippen LogP contribution < -0.4 is 4.90 Å². The van der Waals surface area contributed by atoms with Gasteiger partial charge in [0.15, 0.2) is 0 Å². The molecule has 1 aliphatic heterocycles. The molecule has 1 aromatic heterocycles. The van der Waals surface area contributed by atoms with E-state index in [-0.39, 0.29) is 0 Å². The molecular formula is C22H32N4. The van der Waals surface area contributed by atoms with E-state index in [0.717, 1.165) is 37.4 Å². The Bertz CT molecular complexity index is 679. The van der Waals surface area contributed by atoms with Gasteiger partial charge in [-0.25, -0.2) is 9.97 Å². The normalized spacial score (nSPS) is 21.4. The topological polar surface area (TPSA) is 32.3 Å². The van der Waals surface area contributed by atoms with Gasteiger partial charge in [0.25, 0.3) is 0 Å². The molecule has 1 aromatic carbocycles. The third-order valence-electron chi connectivity index (χ3n) is 5.60. The quantitative estimate of drug-likeness (QED) is 0.791. The maximum Gasteiger partial charge on any atom is 0.225 e. The van der Waals surface area contributed by atoms with Crippen LogP contribution in [-0.4, -0.2) is 46.1 Å². The number of rotatable bonds is 5. The summed E-state index contributed by atoms with van der Waals surface area (Å²) in [6.45, 7) is 13.4. The van der Waals surface area contributed by atoms with E-state index in [1.165, 1.54) is 11.1 Å². The van der Waals surface area contributed by atoms with E-state index in [2.05, 4.69) is 68.7 Å². The summed E-state index contributed by atoms with van der Waals surface area (Å²) in [5, 5.41) is 0. The molecule has 0 spiro atoms. The number of anilines is 1. The summed E-state index contributed by atoms with van der Waals surface area (Å²) in [5.74, 6) is 0.878. The first kappa shape index (κ1) is 18.8. The lowest BCUT2D eigenvalue weighted by atomic mass is 10.0. The highest BCUT2D eigenvalue weighted by atomic mass is 15.4. The van der Waals surface area contributed by atoms with Gasteiger partial charge in [0, 0.05) is 49.2 Å². The molecule has 0 amide bonds. The van der Waals surface area contributed by atoms with Crippen molar-refractivity contribution in [2.45, 2.75) is 65.6 Å². The van der Waals surface area contributed by atoms with Gasteiger partial charge in [-0.05, 0) is 39.2 Å². The standard InChI is InChI=1S/C22H32N4/c1-6-20-14-25(16(3)4)15-21(7-2)26(20)22-23-12-19(13-24-22)18-10-8-17(5)9-11-18/h8-13,16,20-21H,6-7,14-15H2,1-5H3. The minimum Gasteiger partial charge on any atom is -0.332 e. The highest BCUT2D eigenvalue weighted by Gasteiger charge is 2.35. The fraction of sp³-hybridized carbons (Fsp3) is 0.545. The Morgan fingerprint density at radius 2 is 1.46 bits per heavy atom. The molecule has 26 heavy (non-hydrogen) atoms. The number of hydrogen-bond donors (Lipinski definition) is 0. The van der Waals surface area contributed by atoms with E-state index in [0.29, 0.717) is 18.1 Å². The van der Waals surface area contributed by atoms with Crippen LogP contribution in [0.4, 0.5) is 5.95 Å². The average Bonchev–Trinajstić information content (AvgIpc) is 2.67. The molecule has 3 rings (SSSR count). The van der Waals surface area contributed by atoms with Crippen molar-refractivity contribution in [2.75, 3.05) is 18.0 Å². The van der Waals surface area contributed by atoms with Gasteiger partial charge in [-0.3, -0.25) is 4.90 Å². The Balaban J connectivity index is 1.85. The van der Waals surface area contributed by atoms with Crippen LogP contribution in [0.3, 0.4) is 0 Å². The van der Waals surface area contributed by atoms with Crippen LogP contribution in [-0.2, 0) is 0 Å². The van der Waals surface area contributed by atoms with Crippen molar-refractivity contribution >= 4 is 5.95 Å². The Morgan fingerprint density at radius 3 is 1.92 bits per heavy atom.